The number of likely N-dealkylation sites (N-methyl/N-ethyl adjacent to an activating group) is 2. The van der Waals surface area contributed by atoms with E-state index in [1.54, 1.807) is 9.58 Å². The summed E-state index contributed by atoms with van der Waals surface area (Å²) in [5.74, 6) is 1.34. The van der Waals surface area contributed by atoms with E-state index < -0.39 is 5.60 Å². The molecule has 5 heterocycles. The van der Waals surface area contributed by atoms with Crippen LogP contribution in [0.5, 0.6) is 0 Å². The molecular formula is C40H57ClN12O5S2. The standard InChI is InChI=1S/C25H36N6O4S.C15H20N6OS.ClH/c1-25(2,3)35-24(32)30-15-19(14-20(30)23(36)29(4)5)34-16-17-9-8-10-18(13-17)22-26-27-28-31(22)21-11-6-7-12-33-21;1-21(2)15(23)13-7-12(8-16-13)22-9-10-4-3-5-11(6-10)14-17-19-20-18-14;/h8-10,13,19-21H,6-7,11-12,14-16H2,1-5H3;3-6,12-13,16H,7-9H2,1-2H3,(H,17,18,19,20);1H/t19-,20+,21?;12-,13+;/m11./s1. The lowest BCUT2D eigenvalue weighted by molar-refractivity contribution is -0.0394. The first kappa shape index (κ1) is 46.8. The molecule has 1 unspecified atom stereocenters. The van der Waals surface area contributed by atoms with Crippen LogP contribution in [-0.4, -0.2) is 149 Å². The van der Waals surface area contributed by atoms with Crippen LogP contribution in [0.4, 0.5) is 4.79 Å². The van der Waals surface area contributed by atoms with Crippen molar-refractivity contribution >= 4 is 52.9 Å². The maximum atomic E-state index is 12.9. The number of amides is 1. The van der Waals surface area contributed by atoms with Crippen molar-refractivity contribution in [2.75, 3.05) is 47.9 Å². The third-order valence-electron chi connectivity index (χ3n) is 10.1. The van der Waals surface area contributed by atoms with Crippen LogP contribution in [0.1, 0.15) is 70.2 Å². The number of tetrazole rings is 2. The van der Waals surface area contributed by atoms with E-state index in [2.05, 4.69) is 41.5 Å². The Morgan fingerprint density at radius 1 is 0.900 bits per heavy atom. The second-order valence-electron chi connectivity index (χ2n) is 16.3. The highest BCUT2D eigenvalue weighted by atomic mass is 35.5. The smallest absolute Gasteiger partial charge is 0.410 e. The fourth-order valence-corrected chi connectivity index (χ4v) is 7.52. The normalized spacial score (nSPS) is 21.4. The third kappa shape index (κ3) is 12.7. The van der Waals surface area contributed by atoms with E-state index in [1.807, 2.05) is 107 Å². The summed E-state index contributed by atoms with van der Waals surface area (Å²) in [6, 6.07) is 16.0. The van der Waals surface area contributed by atoms with Crippen LogP contribution in [0.3, 0.4) is 0 Å². The van der Waals surface area contributed by atoms with Crippen LogP contribution < -0.4 is 5.32 Å². The Morgan fingerprint density at radius 3 is 2.22 bits per heavy atom. The second kappa shape index (κ2) is 21.5. The van der Waals surface area contributed by atoms with Gasteiger partial charge in [-0.05, 0) is 90.6 Å². The first-order valence-electron chi connectivity index (χ1n) is 20.0. The number of carbonyl (C=O) groups excluding carboxylic acids is 1. The van der Waals surface area contributed by atoms with Gasteiger partial charge in [0.15, 0.2) is 17.9 Å². The third-order valence-corrected chi connectivity index (χ3v) is 11.4. The van der Waals surface area contributed by atoms with E-state index in [-0.39, 0.29) is 49.0 Å². The van der Waals surface area contributed by atoms with Crippen molar-refractivity contribution in [3.8, 4) is 22.8 Å². The Labute approximate surface area is 368 Å². The van der Waals surface area contributed by atoms with Gasteiger partial charge < -0.3 is 34.1 Å². The van der Waals surface area contributed by atoms with Crippen molar-refractivity contribution in [1.82, 2.24) is 60.8 Å². The average molecular weight is 886 g/mol. The van der Waals surface area contributed by atoms with E-state index in [0.717, 1.165) is 66.1 Å². The number of halogens is 1. The zero-order valence-electron chi connectivity index (χ0n) is 35.3. The molecule has 2 aromatic carbocycles. The molecule has 3 saturated heterocycles. The Kier molecular flexibility index (Phi) is 16.8. The number of aromatic amines is 1. The molecule has 3 aliphatic heterocycles. The van der Waals surface area contributed by atoms with E-state index in [0.29, 0.717) is 42.8 Å². The fraction of sp³-hybridized carbons (Fsp3) is 0.575. The van der Waals surface area contributed by atoms with Crippen LogP contribution in [0, 0.1) is 0 Å². The van der Waals surface area contributed by atoms with Gasteiger partial charge in [-0.2, -0.15) is 4.68 Å². The molecule has 60 heavy (non-hydrogen) atoms. The van der Waals surface area contributed by atoms with Crippen LogP contribution in [0.15, 0.2) is 48.5 Å². The van der Waals surface area contributed by atoms with Crippen molar-refractivity contribution < 1.29 is 23.7 Å². The molecule has 0 spiro atoms. The summed E-state index contributed by atoms with van der Waals surface area (Å²) in [4.78, 5) is 20.0. The minimum atomic E-state index is -0.584. The molecule has 20 heteroatoms. The number of H-pyrrole nitrogens is 1. The molecule has 0 bridgehead atoms. The van der Waals surface area contributed by atoms with Gasteiger partial charge in [0.2, 0.25) is 0 Å². The van der Waals surface area contributed by atoms with Crippen molar-refractivity contribution in [1.29, 1.82) is 0 Å². The SMILES string of the molecule is CN(C)C(=S)[C@@H]1C[C@@H](OCc2cccc(-c3nnn[nH]3)c2)CN1.CN(C)C(=S)[C@@H]1C[C@@H](OCc2cccc(-c3nnnn3C3CCCCO3)c2)CN1C(=O)OC(C)(C)C.Cl. The molecule has 0 radical (unpaired) electrons. The summed E-state index contributed by atoms with van der Waals surface area (Å²) < 4.78 is 25.6. The number of nitrogens with one attached hydrogen (secondary N) is 2. The maximum Gasteiger partial charge on any atom is 0.410 e. The first-order chi connectivity index (χ1) is 28.3. The quantitative estimate of drug-likeness (QED) is 0.187. The molecule has 2 aromatic heterocycles. The van der Waals surface area contributed by atoms with Gasteiger partial charge in [-0.15, -0.1) is 22.6 Å². The van der Waals surface area contributed by atoms with Crippen LogP contribution in [0.2, 0.25) is 0 Å². The Balaban J connectivity index is 0.000000245. The van der Waals surface area contributed by atoms with Crippen molar-refractivity contribution in [3.05, 3.63) is 59.7 Å². The molecule has 17 nitrogen and oxygen atoms in total. The number of likely N-dealkylation sites (tertiary alicyclic amines) is 1. The lowest BCUT2D eigenvalue weighted by atomic mass is 10.1. The lowest BCUT2D eigenvalue weighted by Gasteiger charge is -2.30. The summed E-state index contributed by atoms with van der Waals surface area (Å²) in [5.41, 5.74) is 3.36. The second-order valence-corrected chi connectivity index (χ2v) is 17.2. The van der Waals surface area contributed by atoms with Gasteiger partial charge in [0, 0.05) is 58.9 Å². The molecule has 3 aliphatic rings. The van der Waals surface area contributed by atoms with Gasteiger partial charge in [-0.1, -0.05) is 60.8 Å². The summed E-state index contributed by atoms with van der Waals surface area (Å²) in [6.45, 7) is 8.49. The number of rotatable bonds is 11. The number of nitrogens with zero attached hydrogens (tertiary/aromatic N) is 10. The largest absolute Gasteiger partial charge is 0.444 e. The van der Waals surface area contributed by atoms with E-state index in [9.17, 15) is 4.79 Å². The number of ether oxygens (including phenoxy) is 4. The van der Waals surface area contributed by atoms with Gasteiger partial charge in [0.1, 0.15) is 10.6 Å². The highest BCUT2D eigenvalue weighted by Gasteiger charge is 2.41. The van der Waals surface area contributed by atoms with E-state index in [4.69, 9.17) is 43.4 Å². The topological polar surface area (TPSA) is 174 Å². The first-order valence-corrected chi connectivity index (χ1v) is 20.8. The number of benzene rings is 2. The van der Waals surface area contributed by atoms with Gasteiger partial charge in [-0.3, -0.25) is 4.90 Å². The highest BCUT2D eigenvalue weighted by molar-refractivity contribution is 7.80. The molecule has 7 rings (SSSR count). The fourth-order valence-electron chi connectivity index (χ4n) is 7.12. The highest BCUT2D eigenvalue weighted by Crippen LogP contribution is 2.29. The summed E-state index contributed by atoms with van der Waals surface area (Å²) >= 11 is 11.0. The van der Waals surface area contributed by atoms with Gasteiger partial charge >= 0.3 is 6.09 Å². The lowest BCUT2D eigenvalue weighted by Crippen LogP contribution is -2.46. The molecule has 326 valence electrons. The van der Waals surface area contributed by atoms with E-state index in [1.165, 1.54) is 0 Å². The molecule has 0 aliphatic carbocycles. The van der Waals surface area contributed by atoms with Crippen LogP contribution >= 0.6 is 36.8 Å². The van der Waals surface area contributed by atoms with Crippen LogP contribution in [-0.2, 0) is 32.2 Å². The van der Waals surface area contributed by atoms with Crippen molar-refractivity contribution in [2.24, 2.45) is 0 Å². The minimum Gasteiger partial charge on any atom is -0.444 e. The Bertz CT molecular complexity index is 2010. The van der Waals surface area contributed by atoms with Crippen molar-refractivity contribution in [3.63, 3.8) is 0 Å². The Hall–Kier alpha value is -4.24. The number of hydrogen-bond donors (Lipinski definition) is 2. The molecule has 0 saturated carbocycles. The molecule has 5 atom stereocenters. The average Bonchev–Trinajstić information content (AvgIpc) is 4.06. The molecule has 3 fully saturated rings. The summed E-state index contributed by atoms with van der Waals surface area (Å²) in [5, 5.41) is 29.6. The number of aromatic nitrogens is 8. The maximum absolute atomic E-state index is 12.9. The van der Waals surface area contributed by atoms with Crippen LogP contribution in [0.25, 0.3) is 22.8 Å². The predicted molar refractivity (Wildman–Crippen MR) is 236 cm³/mol. The van der Waals surface area contributed by atoms with E-state index >= 15 is 0 Å². The zero-order valence-corrected chi connectivity index (χ0v) is 37.8. The monoisotopic (exact) mass is 884 g/mol. The molecule has 4 aromatic rings. The molecule has 2 N–H and O–H groups in total. The predicted octanol–water partition coefficient (Wildman–Crippen LogP) is 5.25. The van der Waals surface area contributed by atoms with Crippen molar-refractivity contribution in [2.45, 2.75) is 102 Å². The molecular weight excluding hydrogens is 828 g/mol. The number of hydrogen-bond acceptors (Lipinski definition) is 14. The Morgan fingerprint density at radius 2 is 1.58 bits per heavy atom. The summed E-state index contributed by atoms with van der Waals surface area (Å²) in [7, 11) is 7.73. The number of thiocarbonyl (C=S) groups is 2. The van der Waals surface area contributed by atoms with Gasteiger partial charge in [-0.25, -0.2) is 9.89 Å². The summed E-state index contributed by atoms with van der Waals surface area (Å²) in [6.07, 6.45) is 4.08. The molecule has 1 amide bonds. The van der Waals surface area contributed by atoms with Gasteiger partial charge in [0.05, 0.1) is 49.0 Å². The number of carbonyl (C=O) groups is 1. The minimum absolute atomic E-state index is 0. The van der Waals surface area contributed by atoms with Gasteiger partial charge in [0.25, 0.3) is 0 Å². The zero-order chi connectivity index (χ0) is 42.1.